The van der Waals surface area contributed by atoms with Crippen molar-refractivity contribution in [1.29, 1.82) is 0 Å². The fraction of sp³-hybridized carbons (Fsp3) is 0.500. The van der Waals surface area contributed by atoms with E-state index >= 15 is 0 Å². The molecule has 13 nitrogen and oxygen atoms in total. The highest BCUT2D eigenvalue weighted by Gasteiger charge is 2.32. The SMILES string of the molecule is CC(C)n1cc(-c2cn(C(=O)OC(C)(C)C)c3ncc(-c4cc(N5CCC[C@H]5C)cc(S(=O)(=O)N(C)C(=O)OC(C)(C)C)c4)nc23)cn1. The predicted molar refractivity (Wildman–Crippen MR) is 183 cm³/mol. The lowest BCUT2D eigenvalue weighted by Gasteiger charge is -2.27. The number of rotatable bonds is 6. The molecule has 0 bridgehead atoms. The average Bonchev–Trinajstić information content (AvgIpc) is 3.72. The molecule has 1 fully saturated rings. The Morgan fingerprint density at radius 3 is 2.25 bits per heavy atom. The van der Waals surface area contributed by atoms with E-state index < -0.39 is 33.4 Å². The zero-order chi connectivity index (χ0) is 35.3. The molecule has 0 radical (unpaired) electrons. The Kier molecular flexibility index (Phi) is 9.10. The number of ether oxygens (including phenoxy) is 2. The van der Waals surface area contributed by atoms with E-state index in [0.717, 1.165) is 24.9 Å². The molecule has 1 aliphatic heterocycles. The van der Waals surface area contributed by atoms with Gasteiger partial charge in [-0.25, -0.2) is 36.8 Å². The number of hydrogen-bond donors (Lipinski definition) is 0. The van der Waals surface area contributed by atoms with Crippen LogP contribution in [0.4, 0.5) is 15.3 Å². The molecule has 0 aliphatic carbocycles. The van der Waals surface area contributed by atoms with Crippen LogP contribution in [0, 0.1) is 0 Å². The van der Waals surface area contributed by atoms with Gasteiger partial charge in [0, 0.05) is 60.4 Å². The van der Waals surface area contributed by atoms with Gasteiger partial charge in [-0.3, -0.25) is 4.68 Å². The van der Waals surface area contributed by atoms with Crippen LogP contribution in [0.15, 0.2) is 47.9 Å². The predicted octanol–water partition coefficient (Wildman–Crippen LogP) is 6.87. The monoisotopic (exact) mass is 679 g/mol. The Bertz CT molecular complexity index is 1970. The topological polar surface area (TPSA) is 142 Å². The lowest BCUT2D eigenvalue weighted by Crippen LogP contribution is -2.38. The molecular weight excluding hydrogens is 634 g/mol. The summed E-state index contributed by atoms with van der Waals surface area (Å²) in [5, 5.41) is 4.48. The van der Waals surface area contributed by atoms with Crippen LogP contribution in [0.3, 0.4) is 0 Å². The average molecular weight is 680 g/mol. The summed E-state index contributed by atoms with van der Waals surface area (Å²) in [7, 11) is -3.14. The highest BCUT2D eigenvalue weighted by Crippen LogP contribution is 2.36. The number of fused-ring (bicyclic) bond motifs is 1. The molecule has 1 atom stereocenters. The highest BCUT2D eigenvalue weighted by molar-refractivity contribution is 7.89. The van der Waals surface area contributed by atoms with Crippen LogP contribution in [0.5, 0.6) is 0 Å². The molecule has 1 amide bonds. The normalized spacial score (nSPS) is 15.7. The first-order chi connectivity index (χ1) is 22.2. The van der Waals surface area contributed by atoms with Crippen LogP contribution >= 0.6 is 0 Å². The van der Waals surface area contributed by atoms with Gasteiger partial charge < -0.3 is 14.4 Å². The number of anilines is 1. The van der Waals surface area contributed by atoms with Crippen molar-refractivity contribution in [3.8, 4) is 22.4 Å². The van der Waals surface area contributed by atoms with Gasteiger partial charge in [0.05, 0.1) is 23.0 Å². The molecule has 3 aromatic heterocycles. The largest absolute Gasteiger partial charge is 0.443 e. The number of benzene rings is 1. The number of carbonyl (C=O) groups excluding carboxylic acids is 2. The minimum absolute atomic E-state index is 0.0888. The molecule has 0 N–H and O–H groups in total. The summed E-state index contributed by atoms with van der Waals surface area (Å²) in [6.45, 7) is 17.2. The first kappa shape index (κ1) is 34.9. The maximum Gasteiger partial charge on any atom is 0.424 e. The molecular formula is C34H45N7O6S. The molecule has 14 heteroatoms. The first-order valence-corrected chi connectivity index (χ1v) is 17.5. The van der Waals surface area contributed by atoms with Crippen molar-refractivity contribution in [2.75, 3.05) is 18.5 Å². The molecule has 1 aromatic carbocycles. The number of amides is 1. The lowest BCUT2D eigenvalue weighted by atomic mass is 10.1. The van der Waals surface area contributed by atoms with Gasteiger partial charge in [-0.15, -0.1) is 0 Å². The van der Waals surface area contributed by atoms with Crippen LogP contribution in [-0.2, 0) is 19.5 Å². The summed E-state index contributed by atoms with van der Waals surface area (Å²) in [6, 6.07) is 5.23. The molecule has 0 spiro atoms. The zero-order valence-electron chi connectivity index (χ0n) is 29.3. The van der Waals surface area contributed by atoms with Gasteiger partial charge in [-0.2, -0.15) is 5.10 Å². The van der Waals surface area contributed by atoms with Crippen LogP contribution in [-0.4, -0.2) is 80.1 Å². The van der Waals surface area contributed by atoms with Crippen molar-refractivity contribution in [2.24, 2.45) is 0 Å². The number of nitrogens with zero attached hydrogens (tertiary/aromatic N) is 7. The lowest BCUT2D eigenvalue weighted by molar-refractivity contribution is 0.0419. The summed E-state index contributed by atoms with van der Waals surface area (Å²) in [6.07, 6.45) is 7.04. The van der Waals surface area contributed by atoms with Crippen LogP contribution in [0.2, 0.25) is 0 Å². The Hall–Kier alpha value is -4.46. The van der Waals surface area contributed by atoms with E-state index in [2.05, 4.69) is 21.9 Å². The minimum Gasteiger partial charge on any atom is -0.443 e. The number of hydrogen-bond acceptors (Lipinski definition) is 10. The molecule has 0 saturated carbocycles. The molecule has 4 aromatic rings. The van der Waals surface area contributed by atoms with Crippen molar-refractivity contribution in [1.82, 2.24) is 28.6 Å². The summed E-state index contributed by atoms with van der Waals surface area (Å²) < 4.78 is 42.6. The molecule has 1 aliphatic rings. The Morgan fingerprint density at radius 2 is 1.67 bits per heavy atom. The second kappa shape index (κ2) is 12.5. The van der Waals surface area contributed by atoms with E-state index in [1.165, 1.54) is 23.9 Å². The van der Waals surface area contributed by atoms with Crippen molar-refractivity contribution >= 4 is 39.1 Å². The standard InChI is InChI=1S/C34H45N7O6S/c1-21(2)41-19-24(17-36-41)27-20-40(32(43)47-34(7,8)9)30-29(27)37-28(18-35-30)23-14-25(39-13-11-12-22(39)3)16-26(15-23)48(44,45)38(10)31(42)46-33(4,5)6/h14-22H,11-13H2,1-10H3/t22-/m1/s1. The molecule has 5 rings (SSSR count). The Labute approximate surface area is 281 Å². The first-order valence-electron chi connectivity index (χ1n) is 16.0. The second-order valence-electron chi connectivity index (χ2n) is 14.5. The van der Waals surface area contributed by atoms with Gasteiger partial charge in [-0.1, -0.05) is 0 Å². The fourth-order valence-electron chi connectivity index (χ4n) is 5.50. The van der Waals surface area contributed by atoms with Crippen molar-refractivity contribution in [2.45, 2.75) is 103 Å². The summed E-state index contributed by atoms with van der Waals surface area (Å²) in [4.78, 5) is 37.9. The molecule has 258 valence electrons. The van der Waals surface area contributed by atoms with Gasteiger partial charge in [0.1, 0.15) is 16.7 Å². The summed E-state index contributed by atoms with van der Waals surface area (Å²) >= 11 is 0. The van der Waals surface area contributed by atoms with Gasteiger partial charge in [-0.05, 0) is 93.4 Å². The van der Waals surface area contributed by atoms with E-state index in [9.17, 15) is 18.0 Å². The van der Waals surface area contributed by atoms with E-state index in [-0.39, 0.29) is 22.6 Å². The van der Waals surface area contributed by atoms with E-state index in [4.69, 9.17) is 14.5 Å². The molecule has 1 saturated heterocycles. The van der Waals surface area contributed by atoms with Crippen LogP contribution in [0.25, 0.3) is 33.5 Å². The molecule has 0 unspecified atom stereocenters. The zero-order valence-corrected chi connectivity index (χ0v) is 30.1. The minimum atomic E-state index is -4.33. The third-order valence-electron chi connectivity index (χ3n) is 7.91. The van der Waals surface area contributed by atoms with E-state index in [0.29, 0.717) is 32.3 Å². The Morgan fingerprint density at radius 1 is 0.979 bits per heavy atom. The van der Waals surface area contributed by atoms with Gasteiger partial charge in [0.15, 0.2) is 5.65 Å². The third-order valence-corrected chi connectivity index (χ3v) is 9.61. The Balaban J connectivity index is 1.69. The van der Waals surface area contributed by atoms with Crippen molar-refractivity contribution in [3.63, 3.8) is 0 Å². The van der Waals surface area contributed by atoms with Gasteiger partial charge in [0.2, 0.25) is 0 Å². The van der Waals surface area contributed by atoms with Crippen molar-refractivity contribution < 1.29 is 27.5 Å². The second-order valence-corrected chi connectivity index (χ2v) is 16.4. The number of sulfonamides is 1. The van der Waals surface area contributed by atoms with Gasteiger partial charge in [0.25, 0.3) is 10.0 Å². The highest BCUT2D eigenvalue weighted by atomic mass is 32.2. The van der Waals surface area contributed by atoms with Crippen LogP contribution < -0.4 is 4.90 Å². The smallest absolute Gasteiger partial charge is 0.424 e. The maximum absolute atomic E-state index is 13.9. The van der Waals surface area contributed by atoms with E-state index in [1.54, 1.807) is 60.0 Å². The van der Waals surface area contributed by atoms with Gasteiger partial charge >= 0.3 is 12.2 Å². The summed E-state index contributed by atoms with van der Waals surface area (Å²) in [5.74, 6) is 0. The van der Waals surface area contributed by atoms with Crippen molar-refractivity contribution in [3.05, 3.63) is 43.0 Å². The van der Waals surface area contributed by atoms with E-state index in [1.807, 2.05) is 30.8 Å². The number of aromatic nitrogens is 5. The number of carbonyl (C=O) groups is 2. The molecule has 48 heavy (non-hydrogen) atoms. The maximum atomic E-state index is 13.9. The quantitative estimate of drug-likeness (QED) is 0.212. The molecule has 4 heterocycles. The fourth-order valence-corrected chi connectivity index (χ4v) is 6.59. The third kappa shape index (κ3) is 7.18. The van der Waals surface area contributed by atoms with Crippen LogP contribution in [0.1, 0.15) is 81.2 Å². The summed E-state index contributed by atoms with van der Waals surface area (Å²) in [5.41, 5.74) is 1.94.